The Hall–Kier alpha value is -2.39. The lowest BCUT2D eigenvalue weighted by atomic mass is 10.0. The van der Waals surface area contributed by atoms with Gasteiger partial charge in [-0.15, -0.1) is 0 Å². The Labute approximate surface area is 135 Å². The van der Waals surface area contributed by atoms with Gasteiger partial charge in [0, 0.05) is 16.8 Å². The third-order valence-corrected chi connectivity index (χ3v) is 4.36. The first-order valence-corrected chi connectivity index (χ1v) is 7.88. The number of thiocarbonyl (C=S) groups is 1. The van der Waals surface area contributed by atoms with Gasteiger partial charge in [0.2, 0.25) is 0 Å². The molecule has 0 radical (unpaired) electrons. The van der Waals surface area contributed by atoms with Crippen LogP contribution in [-0.2, 0) is 12.8 Å². The first-order valence-electron chi connectivity index (χ1n) is 7.48. The molecule has 1 aliphatic carbocycles. The number of hydrogen-bond donors (Lipinski definition) is 2. The number of nitrogens with one attached hydrogen (secondary N) is 2. The summed E-state index contributed by atoms with van der Waals surface area (Å²) >= 11 is 5.44. The molecule has 3 aromatic carbocycles. The molecule has 0 saturated heterocycles. The summed E-state index contributed by atoms with van der Waals surface area (Å²) in [6, 6.07) is 20.8. The Morgan fingerprint density at radius 1 is 0.773 bits per heavy atom. The molecule has 0 aromatic heterocycles. The normalized spacial score (nSPS) is 12.4. The second-order valence-electron chi connectivity index (χ2n) is 5.56. The van der Waals surface area contributed by atoms with Crippen LogP contribution in [0.2, 0.25) is 0 Å². The van der Waals surface area contributed by atoms with Gasteiger partial charge in [-0.25, -0.2) is 0 Å². The molecule has 3 heteroatoms. The molecule has 2 nitrogen and oxygen atoms in total. The van der Waals surface area contributed by atoms with Crippen molar-refractivity contribution in [3.8, 4) is 0 Å². The molecule has 108 valence electrons. The molecule has 0 spiro atoms. The highest BCUT2D eigenvalue weighted by Crippen LogP contribution is 2.35. The standard InChI is InChI=1S/C19H16N2S/c22-19(20-15-6-2-1-3-7-15)21-17-12-11-14-10-9-13-5-4-8-16(17)18(13)14/h1-8,11-12H,9-10H2,(H2,20,21,22). The average molecular weight is 304 g/mol. The molecule has 0 bridgehead atoms. The fraction of sp³-hybridized carbons (Fsp3) is 0.105. The number of aryl methyl sites for hydroxylation is 2. The van der Waals surface area contributed by atoms with Crippen LogP contribution in [0.1, 0.15) is 11.1 Å². The molecule has 0 unspecified atom stereocenters. The van der Waals surface area contributed by atoms with E-state index in [1.807, 2.05) is 30.3 Å². The van der Waals surface area contributed by atoms with Crippen molar-refractivity contribution < 1.29 is 0 Å². The van der Waals surface area contributed by atoms with Crippen molar-refractivity contribution in [2.45, 2.75) is 12.8 Å². The SMILES string of the molecule is S=C(Nc1ccccc1)Nc1ccc2c3c(cccc13)CC2. The molecular formula is C19H16N2S. The van der Waals surface area contributed by atoms with Crippen LogP contribution in [0.5, 0.6) is 0 Å². The van der Waals surface area contributed by atoms with E-state index in [1.165, 1.54) is 21.9 Å². The van der Waals surface area contributed by atoms with Crippen LogP contribution in [0.15, 0.2) is 60.7 Å². The Morgan fingerprint density at radius 3 is 2.36 bits per heavy atom. The van der Waals surface area contributed by atoms with Crippen molar-refractivity contribution in [1.29, 1.82) is 0 Å². The van der Waals surface area contributed by atoms with Crippen molar-refractivity contribution in [3.05, 3.63) is 71.8 Å². The van der Waals surface area contributed by atoms with Gasteiger partial charge in [0.15, 0.2) is 5.11 Å². The summed E-state index contributed by atoms with van der Waals surface area (Å²) in [6.07, 6.45) is 2.28. The number of benzene rings is 3. The average Bonchev–Trinajstić information content (AvgIpc) is 2.96. The lowest BCUT2D eigenvalue weighted by molar-refractivity contribution is 1.02. The minimum Gasteiger partial charge on any atom is -0.332 e. The summed E-state index contributed by atoms with van der Waals surface area (Å²) in [5.41, 5.74) is 4.94. The van der Waals surface area contributed by atoms with E-state index in [9.17, 15) is 0 Å². The second-order valence-corrected chi connectivity index (χ2v) is 5.97. The predicted octanol–water partition coefficient (Wildman–Crippen LogP) is 4.75. The molecule has 3 aromatic rings. The zero-order valence-electron chi connectivity index (χ0n) is 12.1. The summed E-state index contributed by atoms with van der Waals surface area (Å²) in [6.45, 7) is 0. The van der Waals surface area contributed by atoms with Crippen LogP contribution < -0.4 is 10.6 Å². The van der Waals surface area contributed by atoms with Crippen LogP contribution >= 0.6 is 12.2 Å². The van der Waals surface area contributed by atoms with Crippen molar-refractivity contribution in [3.63, 3.8) is 0 Å². The maximum atomic E-state index is 5.44. The van der Waals surface area contributed by atoms with E-state index in [-0.39, 0.29) is 0 Å². The maximum absolute atomic E-state index is 5.44. The summed E-state index contributed by atoms with van der Waals surface area (Å²) in [7, 11) is 0. The number of para-hydroxylation sites is 1. The fourth-order valence-corrected chi connectivity index (χ4v) is 3.39. The highest BCUT2D eigenvalue weighted by Gasteiger charge is 2.15. The van der Waals surface area contributed by atoms with Gasteiger partial charge >= 0.3 is 0 Å². The zero-order valence-corrected chi connectivity index (χ0v) is 12.9. The molecule has 0 saturated carbocycles. The van der Waals surface area contributed by atoms with Crippen LogP contribution in [0.25, 0.3) is 10.8 Å². The molecule has 0 fully saturated rings. The van der Waals surface area contributed by atoms with Gasteiger partial charge in [0.25, 0.3) is 0 Å². The van der Waals surface area contributed by atoms with Crippen molar-refractivity contribution in [1.82, 2.24) is 0 Å². The fourth-order valence-electron chi connectivity index (χ4n) is 3.16. The van der Waals surface area contributed by atoms with E-state index < -0.39 is 0 Å². The molecule has 0 heterocycles. The van der Waals surface area contributed by atoms with E-state index in [1.54, 1.807) is 0 Å². The van der Waals surface area contributed by atoms with Crippen molar-refractivity contribution in [2.75, 3.05) is 10.6 Å². The van der Waals surface area contributed by atoms with Gasteiger partial charge in [0.1, 0.15) is 0 Å². The molecule has 2 N–H and O–H groups in total. The Balaban J connectivity index is 1.64. The largest absolute Gasteiger partial charge is 0.332 e. The van der Waals surface area contributed by atoms with Crippen LogP contribution in [0.4, 0.5) is 11.4 Å². The monoisotopic (exact) mass is 304 g/mol. The van der Waals surface area contributed by atoms with Gasteiger partial charge in [-0.2, -0.15) is 0 Å². The van der Waals surface area contributed by atoms with E-state index in [0.29, 0.717) is 5.11 Å². The second kappa shape index (κ2) is 5.43. The molecule has 4 rings (SSSR count). The number of anilines is 2. The molecule has 0 amide bonds. The Kier molecular flexibility index (Phi) is 3.28. The lowest BCUT2D eigenvalue weighted by Gasteiger charge is -2.13. The van der Waals surface area contributed by atoms with E-state index >= 15 is 0 Å². The Morgan fingerprint density at radius 2 is 1.55 bits per heavy atom. The van der Waals surface area contributed by atoms with Crippen LogP contribution in [-0.4, -0.2) is 5.11 Å². The maximum Gasteiger partial charge on any atom is 0.175 e. The molecule has 0 atom stereocenters. The van der Waals surface area contributed by atoms with E-state index in [4.69, 9.17) is 12.2 Å². The smallest absolute Gasteiger partial charge is 0.175 e. The van der Waals surface area contributed by atoms with Crippen LogP contribution in [0, 0.1) is 0 Å². The van der Waals surface area contributed by atoms with E-state index in [2.05, 4.69) is 41.0 Å². The highest BCUT2D eigenvalue weighted by atomic mass is 32.1. The van der Waals surface area contributed by atoms with Gasteiger partial charge in [-0.05, 0) is 59.8 Å². The van der Waals surface area contributed by atoms with Gasteiger partial charge in [-0.1, -0.05) is 42.5 Å². The third-order valence-electron chi connectivity index (χ3n) is 4.16. The minimum atomic E-state index is 0.616. The molecular weight excluding hydrogens is 288 g/mol. The van der Waals surface area contributed by atoms with Crippen molar-refractivity contribution in [2.24, 2.45) is 0 Å². The summed E-state index contributed by atoms with van der Waals surface area (Å²) in [4.78, 5) is 0. The van der Waals surface area contributed by atoms with Crippen molar-refractivity contribution >= 4 is 39.5 Å². The molecule has 1 aliphatic rings. The van der Waals surface area contributed by atoms with Gasteiger partial charge in [0.05, 0.1) is 0 Å². The first-order chi connectivity index (χ1) is 10.8. The van der Waals surface area contributed by atoms with Gasteiger partial charge in [-0.3, -0.25) is 0 Å². The quantitative estimate of drug-likeness (QED) is 0.668. The minimum absolute atomic E-state index is 0.616. The molecule has 0 aliphatic heterocycles. The first kappa shape index (κ1) is 13.3. The third kappa shape index (κ3) is 2.34. The van der Waals surface area contributed by atoms with Crippen LogP contribution in [0.3, 0.4) is 0 Å². The summed E-state index contributed by atoms with van der Waals surface area (Å²) < 4.78 is 0. The number of rotatable bonds is 2. The highest BCUT2D eigenvalue weighted by molar-refractivity contribution is 7.80. The summed E-state index contributed by atoms with van der Waals surface area (Å²) in [5.74, 6) is 0. The molecule has 22 heavy (non-hydrogen) atoms. The van der Waals surface area contributed by atoms with E-state index in [0.717, 1.165) is 24.2 Å². The van der Waals surface area contributed by atoms with Gasteiger partial charge < -0.3 is 10.6 Å². The summed E-state index contributed by atoms with van der Waals surface area (Å²) in [5, 5.41) is 9.82. The topological polar surface area (TPSA) is 24.1 Å². The number of hydrogen-bond acceptors (Lipinski definition) is 1. The lowest BCUT2D eigenvalue weighted by Crippen LogP contribution is -2.19. The zero-order chi connectivity index (χ0) is 14.9. The Bertz CT molecular complexity index is 846. The predicted molar refractivity (Wildman–Crippen MR) is 97.6 cm³/mol.